The van der Waals surface area contributed by atoms with Gasteiger partial charge in [0.1, 0.15) is 23.6 Å². The van der Waals surface area contributed by atoms with E-state index < -0.39 is 15.9 Å². The Morgan fingerprint density at radius 1 is 1.28 bits per heavy atom. The summed E-state index contributed by atoms with van der Waals surface area (Å²) >= 11 is 0. The molecule has 1 aliphatic heterocycles. The van der Waals surface area contributed by atoms with Crippen LogP contribution in [0.1, 0.15) is 47.8 Å². The Morgan fingerprint density at radius 3 is 2.81 bits per heavy atom. The van der Waals surface area contributed by atoms with Crippen molar-refractivity contribution >= 4 is 21.7 Å². The van der Waals surface area contributed by atoms with Crippen LogP contribution in [0, 0.1) is 0 Å². The summed E-state index contributed by atoms with van der Waals surface area (Å²) in [4.78, 5) is 17.8. The van der Waals surface area contributed by atoms with Gasteiger partial charge in [-0.1, -0.05) is 13.0 Å². The topological polar surface area (TPSA) is 140 Å². The van der Waals surface area contributed by atoms with Crippen LogP contribution in [0.25, 0.3) is 11.5 Å². The molecule has 1 amide bonds. The molecule has 0 unspecified atom stereocenters. The summed E-state index contributed by atoms with van der Waals surface area (Å²) in [6.07, 6.45) is 2.61. The molecule has 0 bridgehead atoms. The van der Waals surface area contributed by atoms with Gasteiger partial charge in [0.25, 0.3) is 5.91 Å². The number of fused-ring (bicyclic) bond motifs is 1. The lowest BCUT2D eigenvalue weighted by atomic mass is 9.97. The standard InChI is InChI=1S/C24H30N6O5S/c1-4-10-36(33,34)29-9-8-17-12-21(35-3)19(11-18(17)13-29)24(32)27-22-7-5-6-20(26-22)23-28-25-15-30(23)16(2)14-31/h5-7,11-12,15-16,31H,4,8-10,13-14H2,1-3H3,(H,26,27,32)/t16-/m1/s1. The highest BCUT2D eigenvalue weighted by Crippen LogP contribution is 2.30. The largest absolute Gasteiger partial charge is 0.496 e. The summed E-state index contributed by atoms with van der Waals surface area (Å²) in [6, 6.07) is 8.39. The highest BCUT2D eigenvalue weighted by molar-refractivity contribution is 7.89. The Bertz CT molecular complexity index is 1360. The van der Waals surface area contributed by atoms with Crippen LogP contribution < -0.4 is 10.1 Å². The van der Waals surface area contributed by atoms with Gasteiger partial charge in [0.2, 0.25) is 10.0 Å². The summed E-state index contributed by atoms with van der Waals surface area (Å²) < 4.78 is 33.8. The van der Waals surface area contributed by atoms with Gasteiger partial charge in [0.15, 0.2) is 5.82 Å². The van der Waals surface area contributed by atoms with Gasteiger partial charge < -0.3 is 19.7 Å². The number of carbonyl (C=O) groups excluding carboxylic acids is 1. The van der Waals surface area contributed by atoms with Crippen LogP contribution in [-0.2, 0) is 23.0 Å². The summed E-state index contributed by atoms with van der Waals surface area (Å²) in [5.74, 6) is 0.837. The first-order valence-electron chi connectivity index (χ1n) is 11.7. The Hall–Kier alpha value is -3.35. The predicted molar refractivity (Wildman–Crippen MR) is 134 cm³/mol. The Morgan fingerprint density at radius 2 is 2.08 bits per heavy atom. The highest BCUT2D eigenvalue weighted by atomic mass is 32.2. The van der Waals surface area contributed by atoms with Crippen LogP contribution in [0.4, 0.5) is 5.82 Å². The van der Waals surface area contributed by atoms with Gasteiger partial charge in [-0.3, -0.25) is 4.79 Å². The van der Waals surface area contributed by atoms with Crippen molar-refractivity contribution in [2.45, 2.75) is 39.3 Å². The van der Waals surface area contributed by atoms with E-state index in [1.807, 2.05) is 13.8 Å². The molecule has 0 aliphatic carbocycles. The van der Waals surface area contributed by atoms with Crippen molar-refractivity contribution < 1.29 is 23.1 Å². The van der Waals surface area contributed by atoms with Gasteiger partial charge >= 0.3 is 0 Å². The van der Waals surface area contributed by atoms with E-state index in [9.17, 15) is 18.3 Å². The average molecular weight is 515 g/mol. The molecule has 1 aromatic carbocycles. The minimum atomic E-state index is -3.35. The highest BCUT2D eigenvalue weighted by Gasteiger charge is 2.28. The van der Waals surface area contributed by atoms with Crippen molar-refractivity contribution in [1.29, 1.82) is 0 Å². The molecule has 0 saturated heterocycles. The number of sulfonamides is 1. The molecule has 2 N–H and O–H groups in total. The van der Waals surface area contributed by atoms with Crippen LogP contribution in [0.5, 0.6) is 5.75 Å². The number of carbonyl (C=O) groups is 1. The van der Waals surface area contributed by atoms with Gasteiger partial charge in [-0.15, -0.1) is 10.2 Å². The number of aliphatic hydroxyl groups is 1. The molecule has 12 heteroatoms. The fraction of sp³-hybridized carbons (Fsp3) is 0.417. The second kappa shape index (κ2) is 10.7. The third-order valence-electron chi connectivity index (χ3n) is 6.13. The molecule has 0 fully saturated rings. The molecule has 0 spiro atoms. The van der Waals surface area contributed by atoms with Crippen molar-refractivity contribution in [2.24, 2.45) is 0 Å². The summed E-state index contributed by atoms with van der Waals surface area (Å²) in [5, 5.41) is 20.3. The number of ether oxygens (including phenoxy) is 1. The molecule has 3 aromatic rings. The fourth-order valence-electron chi connectivity index (χ4n) is 4.18. The second-order valence-electron chi connectivity index (χ2n) is 8.68. The van der Waals surface area contributed by atoms with E-state index in [1.54, 1.807) is 34.9 Å². The van der Waals surface area contributed by atoms with Crippen LogP contribution >= 0.6 is 0 Å². The second-order valence-corrected chi connectivity index (χ2v) is 10.8. The van der Waals surface area contributed by atoms with Crippen molar-refractivity contribution in [1.82, 2.24) is 24.1 Å². The third kappa shape index (κ3) is 5.25. The third-order valence-corrected chi connectivity index (χ3v) is 8.15. The molecular formula is C24H30N6O5S. The Kier molecular flexibility index (Phi) is 7.67. The molecule has 0 radical (unpaired) electrons. The summed E-state index contributed by atoms with van der Waals surface area (Å²) in [5.41, 5.74) is 2.51. The lowest BCUT2D eigenvalue weighted by Gasteiger charge is -2.29. The maximum Gasteiger partial charge on any atom is 0.260 e. The summed E-state index contributed by atoms with van der Waals surface area (Å²) in [7, 11) is -1.86. The van der Waals surface area contributed by atoms with E-state index in [4.69, 9.17) is 4.74 Å². The average Bonchev–Trinajstić information content (AvgIpc) is 3.37. The van der Waals surface area contributed by atoms with Gasteiger partial charge in [-0.25, -0.2) is 13.4 Å². The van der Waals surface area contributed by atoms with E-state index in [0.29, 0.717) is 42.5 Å². The molecule has 1 atom stereocenters. The number of aromatic nitrogens is 4. The lowest BCUT2D eigenvalue weighted by molar-refractivity contribution is 0.102. The predicted octanol–water partition coefficient (Wildman–Crippen LogP) is 2.25. The zero-order valence-electron chi connectivity index (χ0n) is 20.5. The van der Waals surface area contributed by atoms with E-state index >= 15 is 0 Å². The number of nitrogens with one attached hydrogen (secondary N) is 1. The van der Waals surface area contributed by atoms with E-state index in [2.05, 4.69) is 20.5 Å². The molecule has 192 valence electrons. The molecular weight excluding hydrogens is 484 g/mol. The number of benzene rings is 1. The van der Waals surface area contributed by atoms with E-state index in [-0.39, 0.29) is 30.5 Å². The fourth-order valence-corrected chi connectivity index (χ4v) is 5.66. The van der Waals surface area contributed by atoms with Crippen LogP contribution in [0.3, 0.4) is 0 Å². The maximum atomic E-state index is 13.3. The van der Waals surface area contributed by atoms with Gasteiger partial charge in [0.05, 0.1) is 31.1 Å². The zero-order valence-corrected chi connectivity index (χ0v) is 21.3. The van der Waals surface area contributed by atoms with Crippen molar-refractivity contribution in [3.05, 3.63) is 53.3 Å². The van der Waals surface area contributed by atoms with E-state index in [1.165, 1.54) is 17.7 Å². The zero-order chi connectivity index (χ0) is 25.9. The number of hydrogen-bond donors (Lipinski definition) is 2. The first-order chi connectivity index (χ1) is 17.3. The number of anilines is 1. The Labute approximate surface area is 210 Å². The van der Waals surface area contributed by atoms with Crippen LogP contribution in [0.2, 0.25) is 0 Å². The quantitative estimate of drug-likeness (QED) is 0.443. The summed E-state index contributed by atoms with van der Waals surface area (Å²) in [6.45, 7) is 4.20. The number of amides is 1. The smallest absolute Gasteiger partial charge is 0.260 e. The van der Waals surface area contributed by atoms with Crippen LogP contribution in [0.15, 0.2) is 36.7 Å². The van der Waals surface area contributed by atoms with Crippen molar-refractivity contribution in [2.75, 3.05) is 31.3 Å². The molecule has 0 saturated carbocycles. The van der Waals surface area contributed by atoms with E-state index in [0.717, 1.165) is 11.1 Å². The maximum absolute atomic E-state index is 13.3. The molecule has 2 aromatic heterocycles. The first-order valence-corrected chi connectivity index (χ1v) is 13.3. The number of pyridine rings is 1. The van der Waals surface area contributed by atoms with Gasteiger partial charge in [0, 0.05) is 13.1 Å². The molecule has 1 aliphatic rings. The molecule has 11 nitrogen and oxygen atoms in total. The number of hydrogen-bond acceptors (Lipinski definition) is 8. The number of rotatable bonds is 9. The van der Waals surface area contributed by atoms with Gasteiger partial charge in [-0.05, 0) is 55.2 Å². The minimum Gasteiger partial charge on any atom is -0.496 e. The molecule has 36 heavy (non-hydrogen) atoms. The first kappa shape index (κ1) is 25.7. The lowest BCUT2D eigenvalue weighted by Crippen LogP contribution is -2.37. The van der Waals surface area contributed by atoms with Gasteiger partial charge in [-0.2, -0.15) is 4.31 Å². The number of aliphatic hydroxyl groups excluding tert-OH is 1. The SMILES string of the molecule is CCCS(=O)(=O)N1CCc2cc(OC)c(C(=O)Nc3cccc(-c4nncn4[C@H](C)CO)n3)cc2C1. The number of nitrogens with zero attached hydrogens (tertiary/aromatic N) is 5. The number of methoxy groups -OCH3 is 1. The molecule has 4 rings (SSSR count). The van der Waals surface area contributed by atoms with Crippen molar-refractivity contribution in [3.8, 4) is 17.3 Å². The monoisotopic (exact) mass is 514 g/mol. The van der Waals surface area contributed by atoms with Crippen molar-refractivity contribution in [3.63, 3.8) is 0 Å². The normalized spacial score (nSPS) is 14.8. The molecule has 3 heterocycles. The van der Waals surface area contributed by atoms with Crippen LogP contribution in [-0.4, -0.2) is 69.5 Å². The Balaban J connectivity index is 1.60. The minimum absolute atomic E-state index is 0.0865.